The van der Waals surface area contributed by atoms with Crippen LogP contribution in [0.2, 0.25) is 0 Å². The van der Waals surface area contributed by atoms with Gasteiger partial charge in [-0.25, -0.2) is 9.97 Å². The van der Waals surface area contributed by atoms with E-state index in [9.17, 15) is 0 Å². The van der Waals surface area contributed by atoms with Gasteiger partial charge in [-0.2, -0.15) is 9.97 Å². The number of aliphatic hydroxyl groups excluding tert-OH is 1. The smallest absolute Gasteiger partial charge is 0.225 e. The fraction of sp³-hybridized carbons (Fsp3) is 0.294. The Balaban J connectivity index is 2.04. The first-order valence-electron chi connectivity index (χ1n) is 8.33. The van der Waals surface area contributed by atoms with Crippen molar-refractivity contribution in [2.75, 3.05) is 48.5 Å². The van der Waals surface area contributed by atoms with Crippen LogP contribution >= 0.6 is 0 Å². The SMILES string of the molecule is CNc1nc(NCc2ccccc2)c2nc(NC)nc(NCCO)c2n1. The molecule has 0 aliphatic carbocycles. The topological polar surface area (TPSA) is 120 Å². The molecular weight excluding hydrogens is 332 g/mol. The second kappa shape index (κ2) is 8.26. The van der Waals surface area contributed by atoms with Crippen molar-refractivity contribution in [3.05, 3.63) is 35.9 Å². The van der Waals surface area contributed by atoms with Crippen molar-refractivity contribution < 1.29 is 5.11 Å². The van der Waals surface area contributed by atoms with E-state index in [0.717, 1.165) is 5.56 Å². The van der Waals surface area contributed by atoms with Crippen molar-refractivity contribution >= 4 is 34.6 Å². The van der Waals surface area contributed by atoms with E-state index in [1.807, 2.05) is 30.3 Å². The van der Waals surface area contributed by atoms with E-state index >= 15 is 0 Å². The molecule has 9 nitrogen and oxygen atoms in total. The van der Waals surface area contributed by atoms with Crippen LogP contribution in [0.25, 0.3) is 11.0 Å². The van der Waals surface area contributed by atoms with Gasteiger partial charge in [0.1, 0.15) is 11.0 Å². The van der Waals surface area contributed by atoms with Crippen LogP contribution in [0.15, 0.2) is 30.3 Å². The number of nitrogens with zero attached hydrogens (tertiary/aromatic N) is 4. The lowest BCUT2D eigenvalue weighted by Gasteiger charge is -2.14. The van der Waals surface area contributed by atoms with Crippen LogP contribution in [0, 0.1) is 0 Å². The fourth-order valence-electron chi connectivity index (χ4n) is 2.44. The number of hydrogen-bond acceptors (Lipinski definition) is 9. The summed E-state index contributed by atoms with van der Waals surface area (Å²) in [5.74, 6) is 2.05. The molecule has 0 unspecified atom stereocenters. The highest BCUT2D eigenvalue weighted by atomic mass is 16.3. The lowest BCUT2D eigenvalue weighted by Crippen LogP contribution is -2.12. The van der Waals surface area contributed by atoms with Crippen molar-refractivity contribution in [1.29, 1.82) is 0 Å². The van der Waals surface area contributed by atoms with E-state index in [4.69, 9.17) is 5.11 Å². The zero-order chi connectivity index (χ0) is 18.4. The molecule has 0 saturated carbocycles. The Morgan fingerprint density at radius 2 is 1.38 bits per heavy atom. The van der Waals surface area contributed by atoms with E-state index < -0.39 is 0 Å². The van der Waals surface area contributed by atoms with Gasteiger partial charge >= 0.3 is 0 Å². The van der Waals surface area contributed by atoms with Crippen molar-refractivity contribution in [3.8, 4) is 0 Å². The predicted molar refractivity (Wildman–Crippen MR) is 104 cm³/mol. The number of aromatic nitrogens is 4. The number of aliphatic hydroxyl groups is 1. The molecule has 0 atom stereocenters. The summed E-state index contributed by atoms with van der Waals surface area (Å²) in [5, 5.41) is 21.4. The lowest BCUT2D eigenvalue weighted by atomic mass is 10.2. The van der Waals surface area contributed by atoms with Crippen LogP contribution in [0.3, 0.4) is 0 Å². The molecule has 3 rings (SSSR count). The van der Waals surface area contributed by atoms with Crippen LogP contribution in [0.5, 0.6) is 0 Å². The molecule has 0 saturated heterocycles. The standard InChI is InChI=1S/C17H22N8O/c1-18-16-23-13-12(14(24-16)20-8-9-26)22-17(19-2)25-15(13)21-10-11-6-4-3-5-7-11/h3-7,26H,8-10H2,1-2H3,(H2,18,20,23,24)(H2,19,21,22,25). The van der Waals surface area contributed by atoms with Gasteiger partial charge in [0.15, 0.2) is 11.6 Å². The van der Waals surface area contributed by atoms with Gasteiger partial charge in [0.2, 0.25) is 11.9 Å². The third-order valence-electron chi connectivity index (χ3n) is 3.70. The molecule has 0 aliphatic heterocycles. The zero-order valence-electron chi connectivity index (χ0n) is 14.7. The maximum absolute atomic E-state index is 9.11. The summed E-state index contributed by atoms with van der Waals surface area (Å²) in [6.45, 7) is 0.957. The summed E-state index contributed by atoms with van der Waals surface area (Å²) >= 11 is 0. The molecule has 9 heteroatoms. The van der Waals surface area contributed by atoms with Gasteiger partial charge < -0.3 is 26.4 Å². The van der Waals surface area contributed by atoms with Gasteiger partial charge in [0.25, 0.3) is 0 Å². The van der Waals surface area contributed by atoms with Gasteiger partial charge in [-0.1, -0.05) is 30.3 Å². The molecule has 136 valence electrons. The molecule has 2 heterocycles. The molecule has 0 amide bonds. The average molecular weight is 354 g/mol. The fourth-order valence-corrected chi connectivity index (χ4v) is 2.44. The molecule has 1 aromatic carbocycles. The molecule has 0 fully saturated rings. The van der Waals surface area contributed by atoms with E-state index in [1.165, 1.54) is 0 Å². The number of nitrogens with one attached hydrogen (secondary N) is 4. The van der Waals surface area contributed by atoms with Gasteiger partial charge in [-0.05, 0) is 5.56 Å². The van der Waals surface area contributed by atoms with Gasteiger partial charge in [0.05, 0.1) is 6.61 Å². The quantitative estimate of drug-likeness (QED) is 0.410. The van der Waals surface area contributed by atoms with Crippen LogP contribution in [0.4, 0.5) is 23.5 Å². The zero-order valence-corrected chi connectivity index (χ0v) is 14.7. The number of anilines is 4. The third-order valence-corrected chi connectivity index (χ3v) is 3.70. The maximum atomic E-state index is 9.11. The van der Waals surface area contributed by atoms with E-state index in [0.29, 0.717) is 47.7 Å². The summed E-state index contributed by atoms with van der Waals surface area (Å²) in [5.41, 5.74) is 2.30. The maximum Gasteiger partial charge on any atom is 0.225 e. The highest BCUT2D eigenvalue weighted by Crippen LogP contribution is 2.27. The molecule has 3 aromatic rings. The Labute approximate surface area is 151 Å². The second-order valence-electron chi connectivity index (χ2n) is 5.48. The molecular formula is C17H22N8O. The first-order valence-corrected chi connectivity index (χ1v) is 8.33. The Hall–Kier alpha value is -3.20. The first-order chi connectivity index (χ1) is 12.7. The molecule has 2 aromatic heterocycles. The molecule has 5 N–H and O–H groups in total. The van der Waals surface area contributed by atoms with E-state index in [-0.39, 0.29) is 6.61 Å². The normalized spacial score (nSPS) is 10.6. The highest BCUT2D eigenvalue weighted by molar-refractivity contribution is 5.94. The van der Waals surface area contributed by atoms with Crippen LogP contribution < -0.4 is 21.3 Å². The predicted octanol–water partition coefficient (Wildman–Crippen LogP) is 1.52. The minimum Gasteiger partial charge on any atom is -0.395 e. The minimum atomic E-state index is -0.0105. The summed E-state index contributed by atoms with van der Waals surface area (Å²) in [6.07, 6.45) is 0. The van der Waals surface area contributed by atoms with Crippen molar-refractivity contribution in [2.45, 2.75) is 6.54 Å². The number of rotatable bonds is 8. The summed E-state index contributed by atoms with van der Waals surface area (Å²) in [4.78, 5) is 17.9. The molecule has 26 heavy (non-hydrogen) atoms. The Morgan fingerprint density at radius 3 is 1.92 bits per heavy atom. The lowest BCUT2D eigenvalue weighted by molar-refractivity contribution is 0.311. The first kappa shape index (κ1) is 17.6. The largest absolute Gasteiger partial charge is 0.395 e. The summed E-state index contributed by atoms with van der Waals surface area (Å²) in [6, 6.07) is 10.0. The monoisotopic (exact) mass is 354 g/mol. The molecule has 0 spiro atoms. The van der Waals surface area contributed by atoms with Crippen LogP contribution in [-0.4, -0.2) is 52.3 Å². The molecule has 0 radical (unpaired) electrons. The van der Waals surface area contributed by atoms with Gasteiger partial charge in [0, 0.05) is 27.2 Å². The van der Waals surface area contributed by atoms with Crippen molar-refractivity contribution in [2.24, 2.45) is 0 Å². The molecule has 0 bridgehead atoms. The van der Waals surface area contributed by atoms with E-state index in [2.05, 4.69) is 41.2 Å². The van der Waals surface area contributed by atoms with Crippen molar-refractivity contribution in [3.63, 3.8) is 0 Å². The Morgan fingerprint density at radius 1 is 0.808 bits per heavy atom. The van der Waals surface area contributed by atoms with Crippen molar-refractivity contribution in [1.82, 2.24) is 19.9 Å². The Kier molecular flexibility index (Phi) is 5.59. The minimum absolute atomic E-state index is 0.0105. The number of benzene rings is 1. The summed E-state index contributed by atoms with van der Waals surface area (Å²) < 4.78 is 0. The van der Waals surface area contributed by atoms with Gasteiger partial charge in [-0.3, -0.25) is 0 Å². The van der Waals surface area contributed by atoms with Crippen LogP contribution in [0.1, 0.15) is 5.56 Å². The number of hydrogen-bond donors (Lipinski definition) is 5. The highest BCUT2D eigenvalue weighted by Gasteiger charge is 2.15. The third kappa shape index (κ3) is 3.89. The summed E-state index contributed by atoms with van der Waals surface area (Å²) in [7, 11) is 3.50. The van der Waals surface area contributed by atoms with Crippen LogP contribution in [-0.2, 0) is 6.54 Å². The van der Waals surface area contributed by atoms with Gasteiger partial charge in [-0.15, -0.1) is 0 Å². The second-order valence-corrected chi connectivity index (χ2v) is 5.48. The van der Waals surface area contributed by atoms with E-state index in [1.54, 1.807) is 14.1 Å². The molecule has 0 aliphatic rings. The number of fused-ring (bicyclic) bond motifs is 1. The Bertz CT molecular complexity index is 872. The average Bonchev–Trinajstić information content (AvgIpc) is 2.70.